The Morgan fingerprint density at radius 3 is 2.64 bits per heavy atom. The van der Waals surface area contributed by atoms with E-state index in [0.717, 1.165) is 5.56 Å². The first-order valence-corrected chi connectivity index (χ1v) is 8.61. The zero-order valence-corrected chi connectivity index (χ0v) is 16.0. The third-order valence-electron chi connectivity index (χ3n) is 3.55. The monoisotopic (exact) mass is 402 g/mol. The van der Waals surface area contributed by atoms with Crippen LogP contribution >= 0.6 is 11.6 Å². The summed E-state index contributed by atoms with van der Waals surface area (Å²) in [4.78, 5) is 34.6. The second-order valence-electron chi connectivity index (χ2n) is 5.61. The molecule has 3 amide bonds. The Morgan fingerprint density at radius 1 is 1.14 bits per heavy atom. The van der Waals surface area contributed by atoms with Gasteiger partial charge in [0.2, 0.25) is 0 Å². The van der Waals surface area contributed by atoms with Crippen molar-refractivity contribution in [3.05, 3.63) is 58.6 Å². The van der Waals surface area contributed by atoms with Crippen LogP contribution in [0.25, 0.3) is 0 Å². The van der Waals surface area contributed by atoms with Crippen molar-refractivity contribution >= 4 is 41.2 Å². The topological polar surface area (TPSA) is 109 Å². The van der Waals surface area contributed by atoms with Gasteiger partial charge in [0.25, 0.3) is 5.91 Å². The number of rotatable bonds is 6. The number of hydrogen-bond acceptors (Lipinski definition) is 5. The Hall–Kier alpha value is -3.39. The lowest BCUT2D eigenvalue weighted by atomic mass is 10.2. The van der Waals surface area contributed by atoms with Gasteiger partial charge < -0.3 is 15.4 Å². The number of halogens is 1. The van der Waals surface area contributed by atoms with Crippen molar-refractivity contribution in [3.8, 4) is 5.75 Å². The molecule has 9 heteroatoms. The molecule has 0 bridgehead atoms. The van der Waals surface area contributed by atoms with Crippen LogP contribution in [0.4, 0.5) is 5.69 Å². The Labute approximate surface area is 166 Å². The fourth-order valence-corrected chi connectivity index (χ4v) is 2.27. The van der Waals surface area contributed by atoms with Crippen LogP contribution in [0.5, 0.6) is 5.75 Å². The molecule has 0 saturated heterocycles. The van der Waals surface area contributed by atoms with Gasteiger partial charge in [0.1, 0.15) is 5.75 Å². The molecule has 0 aliphatic carbocycles. The molecule has 0 aliphatic rings. The van der Waals surface area contributed by atoms with Crippen LogP contribution in [0, 0.1) is 6.92 Å². The maximum atomic E-state index is 12.2. The molecule has 0 radical (unpaired) electrons. The van der Waals surface area contributed by atoms with Gasteiger partial charge in [-0.25, -0.2) is 5.43 Å². The smallest absolute Gasteiger partial charge is 0.329 e. The number of hydrazone groups is 1. The zero-order chi connectivity index (χ0) is 20.5. The second-order valence-corrected chi connectivity index (χ2v) is 6.05. The second kappa shape index (κ2) is 10.1. The fraction of sp³-hybridized carbons (Fsp3) is 0.158. The number of ether oxygens (including phenoxy) is 1. The van der Waals surface area contributed by atoms with Crippen LogP contribution in [-0.4, -0.2) is 37.6 Å². The number of benzene rings is 2. The van der Waals surface area contributed by atoms with Crippen molar-refractivity contribution in [2.24, 2.45) is 5.10 Å². The molecule has 0 heterocycles. The summed E-state index contributed by atoms with van der Waals surface area (Å²) >= 11 is 5.94. The minimum atomic E-state index is -0.895. The third kappa shape index (κ3) is 6.10. The van der Waals surface area contributed by atoms with Crippen LogP contribution in [-0.2, 0) is 14.4 Å². The lowest BCUT2D eigenvalue weighted by Crippen LogP contribution is -2.35. The van der Waals surface area contributed by atoms with Gasteiger partial charge in [-0.05, 0) is 36.8 Å². The number of nitrogens with zero attached hydrogens (tertiary/aromatic N) is 1. The maximum absolute atomic E-state index is 12.2. The molecule has 0 fully saturated rings. The summed E-state index contributed by atoms with van der Waals surface area (Å²) < 4.78 is 5.54. The van der Waals surface area contributed by atoms with Crippen molar-refractivity contribution in [1.82, 2.24) is 10.7 Å². The van der Waals surface area contributed by atoms with Gasteiger partial charge in [-0.1, -0.05) is 29.8 Å². The summed E-state index contributed by atoms with van der Waals surface area (Å²) in [6, 6.07) is 12.0. The lowest BCUT2D eigenvalue weighted by molar-refractivity contribution is -0.138. The molecule has 2 rings (SSSR count). The van der Waals surface area contributed by atoms with Crippen LogP contribution < -0.4 is 20.8 Å². The van der Waals surface area contributed by atoms with Crippen molar-refractivity contribution in [1.29, 1.82) is 0 Å². The van der Waals surface area contributed by atoms with E-state index in [1.165, 1.54) is 13.3 Å². The molecular weight excluding hydrogens is 384 g/mol. The maximum Gasteiger partial charge on any atom is 0.329 e. The van der Waals surface area contributed by atoms with E-state index in [4.69, 9.17) is 16.3 Å². The number of carbonyl (C=O) groups excluding carboxylic acids is 3. The molecule has 0 unspecified atom stereocenters. The molecule has 0 aromatic heterocycles. The first-order chi connectivity index (χ1) is 13.4. The van der Waals surface area contributed by atoms with Gasteiger partial charge in [0, 0.05) is 23.3 Å². The van der Waals surface area contributed by atoms with E-state index in [2.05, 4.69) is 21.2 Å². The Kier molecular flexibility index (Phi) is 7.53. The van der Waals surface area contributed by atoms with Crippen LogP contribution in [0.3, 0.4) is 0 Å². The third-order valence-corrected chi connectivity index (χ3v) is 3.79. The van der Waals surface area contributed by atoms with Crippen LogP contribution in [0.2, 0.25) is 5.02 Å². The number of para-hydroxylation sites is 1. The molecule has 2 aromatic rings. The normalized spacial score (nSPS) is 10.4. The van der Waals surface area contributed by atoms with E-state index in [0.29, 0.717) is 22.0 Å². The average Bonchev–Trinajstić information content (AvgIpc) is 2.69. The standard InChI is InChI=1S/C19H19ClN4O4/c1-12-7-8-14(20)9-15(12)23-17(25)11-28-16-6-4-3-5-13(16)10-22-24-19(27)18(26)21-2/h3-10H,11H2,1-2H3,(H,21,26)(H,23,25)(H,24,27)/b22-10-. The van der Waals surface area contributed by atoms with Crippen molar-refractivity contribution in [2.75, 3.05) is 19.0 Å². The van der Waals surface area contributed by atoms with Crippen molar-refractivity contribution < 1.29 is 19.1 Å². The molecule has 146 valence electrons. The number of hydrogen-bond donors (Lipinski definition) is 3. The average molecular weight is 403 g/mol. The fourth-order valence-electron chi connectivity index (χ4n) is 2.10. The number of aryl methyl sites for hydroxylation is 1. The van der Waals surface area contributed by atoms with E-state index >= 15 is 0 Å². The Balaban J connectivity index is 1.97. The van der Waals surface area contributed by atoms with E-state index in [-0.39, 0.29) is 12.5 Å². The summed E-state index contributed by atoms with van der Waals surface area (Å²) in [7, 11) is 1.34. The molecule has 8 nitrogen and oxygen atoms in total. The molecule has 28 heavy (non-hydrogen) atoms. The zero-order valence-electron chi connectivity index (χ0n) is 15.3. The summed E-state index contributed by atoms with van der Waals surface area (Å²) in [5.74, 6) is -1.67. The first-order valence-electron chi connectivity index (χ1n) is 8.23. The summed E-state index contributed by atoms with van der Waals surface area (Å²) in [5, 5.41) is 9.14. The highest BCUT2D eigenvalue weighted by molar-refractivity contribution is 6.35. The minimum Gasteiger partial charge on any atom is -0.483 e. The van der Waals surface area contributed by atoms with Crippen LogP contribution in [0.1, 0.15) is 11.1 Å². The number of carbonyl (C=O) groups is 3. The summed E-state index contributed by atoms with van der Waals surface area (Å²) in [5.41, 5.74) is 4.09. The van der Waals surface area contributed by atoms with Gasteiger partial charge in [0.15, 0.2) is 6.61 Å². The van der Waals surface area contributed by atoms with Crippen LogP contribution in [0.15, 0.2) is 47.6 Å². The van der Waals surface area contributed by atoms with Crippen molar-refractivity contribution in [3.63, 3.8) is 0 Å². The van der Waals surface area contributed by atoms with E-state index in [9.17, 15) is 14.4 Å². The number of likely N-dealkylation sites (N-methyl/N-ethyl adjacent to an activating group) is 1. The molecule has 3 N–H and O–H groups in total. The highest BCUT2D eigenvalue weighted by Gasteiger charge is 2.10. The first kappa shape index (κ1) is 20.9. The number of anilines is 1. The predicted molar refractivity (Wildman–Crippen MR) is 107 cm³/mol. The van der Waals surface area contributed by atoms with Gasteiger partial charge >= 0.3 is 11.8 Å². The molecular formula is C19H19ClN4O4. The van der Waals surface area contributed by atoms with Gasteiger partial charge in [-0.2, -0.15) is 5.10 Å². The van der Waals surface area contributed by atoms with Gasteiger partial charge in [-0.15, -0.1) is 0 Å². The number of amides is 3. The number of nitrogens with one attached hydrogen (secondary N) is 3. The van der Waals surface area contributed by atoms with E-state index in [1.54, 1.807) is 42.5 Å². The summed E-state index contributed by atoms with van der Waals surface area (Å²) in [6.07, 6.45) is 1.31. The Bertz CT molecular complexity index is 915. The SMILES string of the molecule is CNC(=O)C(=O)N/N=C\c1ccccc1OCC(=O)Nc1cc(Cl)ccc1C. The van der Waals surface area contributed by atoms with E-state index in [1.807, 2.05) is 6.92 Å². The molecule has 0 saturated carbocycles. The van der Waals surface area contributed by atoms with Crippen molar-refractivity contribution in [2.45, 2.75) is 6.92 Å². The molecule has 0 atom stereocenters. The van der Waals surface area contributed by atoms with Gasteiger partial charge in [-0.3, -0.25) is 14.4 Å². The molecule has 0 aliphatic heterocycles. The van der Waals surface area contributed by atoms with E-state index < -0.39 is 11.8 Å². The lowest BCUT2D eigenvalue weighted by Gasteiger charge is -2.11. The summed E-state index contributed by atoms with van der Waals surface area (Å²) in [6.45, 7) is 1.62. The quantitative estimate of drug-likeness (QED) is 0.389. The highest BCUT2D eigenvalue weighted by Crippen LogP contribution is 2.20. The van der Waals surface area contributed by atoms with Gasteiger partial charge in [0.05, 0.1) is 6.21 Å². The Morgan fingerprint density at radius 2 is 1.89 bits per heavy atom. The molecule has 0 spiro atoms. The predicted octanol–water partition coefficient (Wildman–Crippen LogP) is 1.86. The largest absolute Gasteiger partial charge is 0.483 e. The minimum absolute atomic E-state index is 0.235. The molecule has 2 aromatic carbocycles. The highest BCUT2D eigenvalue weighted by atomic mass is 35.5.